The molecule has 0 radical (unpaired) electrons. The molecule has 110 valence electrons. The largest absolute Gasteiger partial charge is 0.497 e. The van der Waals surface area contributed by atoms with Crippen LogP contribution < -0.4 is 15.8 Å². The molecule has 1 aliphatic rings. The van der Waals surface area contributed by atoms with Crippen molar-refractivity contribution in [3.05, 3.63) is 18.2 Å². The number of nitrogens with one attached hydrogen (secondary N) is 1. The third kappa shape index (κ3) is 3.89. The molecule has 0 saturated heterocycles. The van der Waals surface area contributed by atoms with Crippen LogP contribution in [0.25, 0.3) is 0 Å². The molecule has 0 aromatic heterocycles. The van der Waals surface area contributed by atoms with E-state index in [2.05, 4.69) is 5.32 Å². The highest BCUT2D eigenvalue weighted by molar-refractivity contribution is 5.95. The minimum absolute atomic E-state index is 0.0897. The first-order valence-electron chi connectivity index (χ1n) is 7.45. The van der Waals surface area contributed by atoms with Gasteiger partial charge in [-0.25, -0.2) is 0 Å². The molecular formula is C16H24N2O2. The molecule has 20 heavy (non-hydrogen) atoms. The first kappa shape index (κ1) is 14.7. The summed E-state index contributed by atoms with van der Waals surface area (Å²) in [5.74, 6) is 0.903. The number of nitrogen functional groups attached to an aromatic ring is 1. The molecule has 1 amide bonds. The Morgan fingerprint density at radius 1 is 1.20 bits per heavy atom. The number of carbonyl (C=O) groups excluding carboxylic acids is 1. The number of hydrogen-bond donors (Lipinski definition) is 2. The second kappa shape index (κ2) is 7.17. The van der Waals surface area contributed by atoms with Gasteiger partial charge in [0.05, 0.1) is 18.5 Å². The molecule has 0 atom stereocenters. The van der Waals surface area contributed by atoms with Gasteiger partial charge >= 0.3 is 0 Å². The molecule has 3 N–H and O–H groups in total. The topological polar surface area (TPSA) is 64.3 Å². The third-order valence-electron chi connectivity index (χ3n) is 3.99. The van der Waals surface area contributed by atoms with Gasteiger partial charge in [-0.2, -0.15) is 0 Å². The third-order valence-corrected chi connectivity index (χ3v) is 3.99. The van der Waals surface area contributed by atoms with Crippen LogP contribution in [-0.4, -0.2) is 13.0 Å². The zero-order valence-corrected chi connectivity index (χ0v) is 12.2. The van der Waals surface area contributed by atoms with Crippen LogP contribution in [-0.2, 0) is 4.79 Å². The fourth-order valence-electron chi connectivity index (χ4n) is 2.72. The average molecular weight is 276 g/mol. The standard InChI is InChI=1S/C16H24N2O2/c1-20-13-9-10-14(17)15(11-13)18-16(19)12-7-5-3-2-4-6-8-12/h9-12H,2-8,17H2,1H3,(H,18,19). The number of rotatable bonds is 3. The Morgan fingerprint density at radius 2 is 1.85 bits per heavy atom. The lowest BCUT2D eigenvalue weighted by Crippen LogP contribution is -2.24. The minimum atomic E-state index is 0.0897. The van der Waals surface area contributed by atoms with E-state index in [9.17, 15) is 4.79 Å². The predicted molar refractivity (Wildman–Crippen MR) is 81.8 cm³/mol. The van der Waals surface area contributed by atoms with Crippen molar-refractivity contribution in [2.75, 3.05) is 18.2 Å². The van der Waals surface area contributed by atoms with Gasteiger partial charge in [-0.1, -0.05) is 32.1 Å². The molecule has 0 heterocycles. The van der Waals surface area contributed by atoms with Crippen molar-refractivity contribution >= 4 is 17.3 Å². The van der Waals surface area contributed by atoms with Crippen molar-refractivity contribution in [3.63, 3.8) is 0 Å². The number of anilines is 2. The van der Waals surface area contributed by atoms with Crippen LogP contribution in [0.4, 0.5) is 11.4 Å². The molecule has 1 aliphatic carbocycles. The van der Waals surface area contributed by atoms with E-state index in [0.717, 1.165) is 25.7 Å². The zero-order chi connectivity index (χ0) is 14.4. The van der Waals surface area contributed by atoms with Crippen LogP contribution in [0.2, 0.25) is 0 Å². The first-order valence-corrected chi connectivity index (χ1v) is 7.45. The molecular weight excluding hydrogens is 252 g/mol. The predicted octanol–water partition coefficient (Wildman–Crippen LogP) is 3.58. The Morgan fingerprint density at radius 3 is 2.50 bits per heavy atom. The maximum Gasteiger partial charge on any atom is 0.227 e. The van der Waals surface area contributed by atoms with E-state index in [1.54, 1.807) is 25.3 Å². The molecule has 0 aliphatic heterocycles. The fourth-order valence-corrected chi connectivity index (χ4v) is 2.72. The highest BCUT2D eigenvalue weighted by atomic mass is 16.5. The Balaban J connectivity index is 2.02. The van der Waals surface area contributed by atoms with Crippen LogP contribution in [0.1, 0.15) is 44.9 Å². The summed E-state index contributed by atoms with van der Waals surface area (Å²) in [6.07, 6.45) is 8.04. The molecule has 4 heteroatoms. The molecule has 0 unspecified atom stereocenters. The van der Waals surface area contributed by atoms with Gasteiger partial charge in [0.25, 0.3) is 0 Å². The molecule has 2 rings (SSSR count). The lowest BCUT2D eigenvalue weighted by atomic mass is 9.90. The SMILES string of the molecule is COc1ccc(N)c(NC(=O)C2CCCCCCC2)c1. The van der Waals surface area contributed by atoms with E-state index in [0.29, 0.717) is 17.1 Å². The van der Waals surface area contributed by atoms with E-state index in [1.807, 2.05) is 0 Å². The van der Waals surface area contributed by atoms with Gasteiger partial charge in [0.15, 0.2) is 0 Å². The molecule has 1 fully saturated rings. The maximum atomic E-state index is 12.4. The summed E-state index contributed by atoms with van der Waals surface area (Å²) in [5, 5.41) is 2.96. The van der Waals surface area contributed by atoms with Gasteiger partial charge in [0.1, 0.15) is 5.75 Å². The quantitative estimate of drug-likeness (QED) is 0.829. The smallest absolute Gasteiger partial charge is 0.227 e. The maximum absolute atomic E-state index is 12.4. The Hall–Kier alpha value is -1.71. The van der Waals surface area contributed by atoms with Crippen molar-refractivity contribution in [1.29, 1.82) is 0 Å². The van der Waals surface area contributed by atoms with Gasteiger partial charge in [0.2, 0.25) is 5.91 Å². The highest BCUT2D eigenvalue weighted by Crippen LogP contribution is 2.27. The molecule has 1 aromatic rings. The van der Waals surface area contributed by atoms with Crippen LogP contribution in [0, 0.1) is 5.92 Å². The van der Waals surface area contributed by atoms with Crippen molar-refractivity contribution in [2.24, 2.45) is 5.92 Å². The van der Waals surface area contributed by atoms with Crippen LogP contribution in [0.15, 0.2) is 18.2 Å². The average Bonchev–Trinajstić information content (AvgIpc) is 2.40. The summed E-state index contributed by atoms with van der Waals surface area (Å²) >= 11 is 0. The number of benzene rings is 1. The molecule has 0 bridgehead atoms. The number of nitrogens with two attached hydrogens (primary N) is 1. The summed E-state index contributed by atoms with van der Waals surface area (Å²) in [6.45, 7) is 0. The van der Waals surface area contributed by atoms with Gasteiger partial charge in [0, 0.05) is 12.0 Å². The number of methoxy groups -OCH3 is 1. The van der Waals surface area contributed by atoms with E-state index in [4.69, 9.17) is 10.5 Å². The van der Waals surface area contributed by atoms with Crippen molar-refractivity contribution in [3.8, 4) is 5.75 Å². The highest BCUT2D eigenvalue weighted by Gasteiger charge is 2.20. The Labute approximate surface area is 120 Å². The van der Waals surface area contributed by atoms with E-state index >= 15 is 0 Å². The molecule has 4 nitrogen and oxygen atoms in total. The van der Waals surface area contributed by atoms with E-state index in [1.165, 1.54) is 19.3 Å². The number of hydrogen-bond acceptors (Lipinski definition) is 3. The Bertz CT molecular complexity index is 452. The number of carbonyl (C=O) groups is 1. The molecule has 1 saturated carbocycles. The summed E-state index contributed by atoms with van der Waals surface area (Å²) in [6, 6.07) is 5.32. The lowest BCUT2D eigenvalue weighted by Gasteiger charge is -2.19. The van der Waals surface area contributed by atoms with E-state index < -0.39 is 0 Å². The fraction of sp³-hybridized carbons (Fsp3) is 0.562. The summed E-state index contributed by atoms with van der Waals surface area (Å²) in [4.78, 5) is 12.4. The van der Waals surface area contributed by atoms with Gasteiger partial charge in [-0.05, 0) is 25.0 Å². The van der Waals surface area contributed by atoms with E-state index in [-0.39, 0.29) is 11.8 Å². The number of ether oxygens (including phenoxy) is 1. The van der Waals surface area contributed by atoms with Crippen molar-refractivity contribution < 1.29 is 9.53 Å². The van der Waals surface area contributed by atoms with Gasteiger partial charge in [-0.15, -0.1) is 0 Å². The second-order valence-corrected chi connectivity index (χ2v) is 5.48. The van der Waals surface area contributed by atoms with Gasteiger partial charge < -0.3 is 15.8 Å². The minimum Gasteiger partial charge on any atom is -0.497 e. The summed E-state index contributed by atoms with van der Waals surface area (Å²) in [5.41, 5.74) is 7.13. The first-order chi connectivity index (χ1) is 9.70. The monoisotopic (exact) mass is 276 g/mol. The summed E-state index contributed by atoms with van der Waals surface area (Å²) in [7, 11) is 1.60. The normalized spacial score (nSPS) is 17.1. The second-order valence-electron chi connectivity index (χ2n) is 5.48. The van der Waals surface area contributed by atoms with Gasteiger partial charge in [-0.3, -0.25) is 4.79 Å². The van der Waals surface area contributed by atoms with Crippen LogP contribution >= 0.6 is 0 Å². The summed E-state index contributed by atoms with van der Waals surface area (Å²) < 4.78 is 5.17. The van der Waals surface area contributed by atoms with Crippen molar-refractivity contribution in [1.82, 2.24) is 0 Å². The zero-order valence-electron chi connectivity index (χ0n) is 12.2. The van der Waals surface area contributed by atoms with Crippen LogP contribution in [0.3, 0.4) is 0 Å². The molecule has 1 aromatic carbocycles. The molecule has 0 spiro atoms. The van der Waals surface area contributed by atoms with Crippen LogP contribution in [0.5, 0.6) is 5.75 Å². The number of amides is 1. The Kier molecular flexibility index (Phi) is 5.27. The van der Waals surface area contributed by atoms with Crippen molar-refractivity contribution in [2.45, 2.75) is 44.9 Å². The lowest BCUT2D eigenvalue weighted by molar-refractivity contribution is -0.120.